The fraction of sp³-hybridized carbons (Fsp3) is 0.421. The van der Waals surface area contributed by atoms with Gasteiger partial charge in [-0.05, 0) is 51.0 Å². The maximum atomic E-state index is 13.8. The van der Waals surface area contributed by atoms with Gasteiger partial charge >= 0.3 is 0 Å². The number of carbonyl (C=O) groups excluding carboxylic acids is 1. The van der Waals surface area contributed by atoms with E-state index in [1.165, 1.54) is 12.1 Å². The predicted molar refractivity (Wildman–Crippen MR) is 95.3 cm³/mol. The molecule has 1 saturated heterocycles. The number of hydrogen-bond acceptors (Lipinski definition) is 3. The molecule has 0 saturated carbocycles. The van der Waals surface area contributed by atoms with E-state index in [9.17, 15) is 14.3 Å². The van der Waals surface area contributed by atoms with E-state index in [0.717, 1.165) is 30.0 Å². The number of amides is 1. The van der Waals surface area contributed by atoms with Crippen LogP contribution in [0.3, 0.4) is 0 Å². The fourth-order valence-electron chi connectivity index (χ4n) is 3.32. The molecule has 1 aromatic heterocycles. The van der Waals surface area contributed by atoms with Crippen LogP contribution in [0.5, 0.6) is 0 Å². The molecule has 1 amide bonds. The molecular weight excluding hydrogens is 321 g/mol. The van der Waals surface area contributed by atoms with Gasteiger partial charge in [-0.3, -0.25) is 4.79 Å². The van der Waals surface area contributed by atoms with E-state index in [-0.39, 0.29) is 23.9 Å². The summed E-state index contributed by atoms with van der Waals surface area (Å²) in [5.74, 6) is -0.509. The number of aliphatic hydroxyl groups is 1. The van der Waals surface area contributed by atoms with Gasteiger partial charge in [-0.1, -0.05) is 0 Å². The van der Waals surface area contributed by atoms with Crippen molar-refractivity contribution in [3.63, 3.8) is 0 Å². The Morgan fingerprint density at radius 3 is 2.72 bits per heavy atom. The van der Waals surface area contributed by atoms with E-state index >= 15 is 0 Å². The molecule has 6 heteroatoms. The van der Waals surface area contributed by atoms with Gasteiger partial charge in [0.05, 0.1) is 17.7 Å². The molecule has 3 rings (SSSR count). The Bertz CT molecular complexity index is 751. The Morgan fingerprint density at radius 2 is 2.08 bits per heavy atom. The lowest BCUT2D eigenvalue weighted by Crippen LogP contribution is -2.37. The number of piperidine rings is 1. The van der Waals surface area contributed by atoms with Gasteiger partial charge < -0.3 is 20.3 Å². The zero-order valence-electron chi connectivity index (χ0n) is 14.6. The van der Waals surface area contributed by atoms with Crippen LogP contribution in [0, 0.1) is 12.7 Å². The topological polar surface area (TPSA) is 68.4 Å². The van der Waals surface area contributed by atoms with Crippen molar-refractivity contribution in [1.82, 2.24) is 10.3 Å². The van der Waals surface area contributed by atoms with Crippen molar-refractivity contribution in [1.29, 1.82) is 0 Å². The number of halogens is 1. The highest BCUT2D eigenvalue weighted by molar-refractivity contribution is 5.95. The number of H-pyrrole nitrogens is 1. The minimum atomic E-state index is -0.334. The molecule has 0 spiro atoms. The molecule has 134 valence electrons. The Labute approximate surface area is 146 Å². The highest BCUT2D eigenvalue weighted by Crippen LogP contribution is 2.30. The quantitative estimate of drug-likeness (QED) is 0.798. The summed E-state index contributed by atoms with van der Waals surface area (Å²) in [5.41, 5.74) is 3.05. The molecule has 1 aromatic carbocycles. The molecule has 25 heavy (non-hydrogen) atoms. The minimum absolute atomic E-state index is 0.185. The standard InChI is InChI=1S/C19H24FN3O2/c1-12-16(5-8-21-12)19(25)22-13(2)17-11-14(20)3-4-18(17)23-9-6-15(24)7-10-23/h3-5,8,11,13,15,21,24H,6-7,9-10H2,1-2H3,(H,22,25)/t13-/m1/s1. The highest BCUT2D eigenvalue weighted by Gasteiger charge is 2.23. The van der Waals surface area contributed by atoms with Crippen molar-refractivity contribution < 1.29 is 14.3 Å². The first-order valence-electron chi connectivity index (χ1n) is 8.63. The van der Waals surface area contributed by atoms with Crippen LogP contribution in [0.2, 0.25) is 0 Å². The van der Waals surface area contributed by atoms with Crippen LogP contribution in [-0.4, -0.2) is 35.2 Å². The van der Waals surface area contributed by atoms with Crippen molar-refractivity contribution in [3.8, 4) is 0 Å². The number of nitrogens with one attached hydrogen (secondary N) is 2. The van der Waals surface area contributed by atoms with Crippen molar-refractivity contribution in [2.24, 2.45) is 0 Å². The summed E-state index contributed by atoms with van der Waals surface area (Å²) in [5, 5.41) is 12.7. The summed E-state index contributed by atoms with van der Waals surface area (Å²) in [6.45, 7) is 5.14. The van der Waals surface area contributed by atoms with Crippen LogP contribution in [0.25, 0.3) is 0 Å². The van der Waals surface area contributed by atoms with Crippen LogP contribution < -0.4 is 10.2 Å². The summed E-state index contributed by atoms with van der Waals surface area (Å²) in [4.78, 5) is 17.6. The number of aryl methyl sites for hydroxylation is 1. The van der Waals surface area contributed by atoms with Gasteiger partial charge in [0.15, 0.2) is 0 Å². The average Bonchev–Trinajstić information content (AvgIpc) is 3.02. The van der Waals surface area contributed by atoms with Gasteiger partial charge in [0.1, 0.15) is 5.82 Å². The number of nitrogens with zero attached hydrogens (tertiary/aromatic N) is 1. The lowest BCUT2D eigenvalue weighted by Gasteiger charge is -2.34. The summed E-state index contributed by atoms with van der Waals surface area (Å²) in [6.07, 6.45) is 2.84. The normalized spacial score (nSPS) is 16.7. The summed E-state index contributed by atoms with van der Waals surface area (Å²) >= 11 is 0. The van der Waals surface area contributed by atoms with E-state index in [1.807, 2.05) is 13.8 Å². The third-order valence-corrected chi connectivity index (χ3v) is 4.81. The van der Waals surface area contributed by atoms with Crippen LogP contribution in [0.15, 0.2) is 30.5 Å². The summed E-state index contributed by atoms with van der Waals surface area (Å²) < 4.78 is 13.8. The molecule has 5 nitrogen and oxygen atoms in total. The smallest absolute Gasteiger partial charge is 0.253 e. The van der Waals surface area contributed by atoms with E-state index in [0.29, 0.717) is 18.4 Å². The predicted octanol–water partition coefficient (Wildman–Crippen LogP) is 2.91. The number of hydrogen-bond donors (Lipinski definition) is 3. The molecule has 1 aliphatic rings. The van der Waals surface area contributed by atoms with Crippen LogP contribution in [0.1, 0.15) is 47.4 Å². The molecule has 0 unspecified atom stereocenters. The molecule has 2 aromatic rings. The van der Waals surface area contributed by atoms with Gasteiger partial charge in [0.25, 0.3) is 5.91 Å². The first-order valence-corrected chi connectivity index (χ1v) is 8.63. The van der Waals surface area contributed by atoms with Crippen LogP contribution >= 0.6 is 0 Å². The largest absolute Gasteiger partial charge is 0.393 e. The number of aliphatic hydroxyl groups excluding tert-OH is 1. The molecule has 1 atom stereocenters. The van der Waals surface area contributed by atoms with Gasteiger partial charge in [-0.15, -0.1) is 0 Å². The average molecular weight is 345 g/mol. The van der Waals surface area contributed by atoms with Gasteiger partial charge in [0, 0.05) is 36.2 Å². The Balaban J connectivity index is 1.81. The second-order valence-corrected chi connectivity index (χ2v) is 6.63. The number of anilines is 1. The molecule has 3 N–H and O–H groups in total. The number of rotatable bonds is 4. The van der Waals surface area contributed by atoms with E-state index in [2.05, 4.69) is 15.2 Å². The van der Waals surface area contributed by atoms with Crippen molar-refractivity contribution in [3.05, 3.63) is 53.1 Å². The maximum Gasteiger partial charge on any atom is 0.253 e. The minimum Gasteiger partial charge on any atom is -0.393 e. The lowest BCUT2D eigenvalue weighted by molar-refractivity contribution is 0.0939. The second-order valence-electron chi connectivity index (χ2n) is 6.63. The third kappa shape index (κ3) is 3.85. The molecule has 1 fully saturated rings. The van der Waals surface area contributed by atoms with Gasteiger partial charge in [-0.2, -0.15) is 0 Å². The summed E-state index contributed by atoms with van der Waals surface area (Å²) in [7, 11) is 0. The molecule has 0 aliphatic carbocycles. The van der Waals surface area contributed by atoms with Crippen molar-refractivity contribution in [2.45, 2.75) is 38.8 Å². The maximum absolute atomic E-state index is 13.8. The molecule has 1 aliphatic heterocycles. The number of benzene rings is 1. The summed E-state index contributed by atoms with van der Waals surface area (Å²) in [6, 6.07) is 6.08. The van der Waals surface area contributed by atoms with E-state index < -0.39 is 0 Å². The Hall–Kier alpha value is -2.34. The van der Waals surface area contributed by atoms with E-state index in [4.69, 9.17) is 0 Å². The highest BCUT2D eigenvalue weighted by atomic mass is 19.1. The molecule has 0 bridgehead atoms. The monoisotopic (exact) mass is 345 g/mol. The molecule has 2 heterocycles. The van der Waals surface area contributed by atoms with Crippen molar-refractivity contribution >= 4 is 11.6 Å². The van der Waals surface area contributed by atoms with Gasteiger partial charge in [-0.25, -0.2) is 4.39 Å². The van der Waals surface area contributed by atoms with E-state index in [1.54, 1.807) is 18.3 Å². The fourth-order valence-corrected chi connectivity index (χ4v) is 3.32. The third-order valence-electron chi connectivity index (χ3n) is 4.81. The van der Waals surface area contributed by atoms with Crippen molar-refractivity contribution in [2.75, 3.05) is 18.0 Å². The van der Waals surface area contributed by atoms with Crippen LogP contribution in [0.4, 0.5) is 10.1 Å². The SMILES string of the molecule is Cc1[nH]ccc1C(=O)N[C@H](C)c1cc(F)ccc1N1CCC(O)CC1. The number of aromatic amines is 1. The first kappa shape index (κ1) is 17.5. The Kier molecular flexibility index (Phi) is 5.08. The second kappa shape index (κ2) is 7.27. The zero-order valence-corrected chi connectivity index (χ0v) is 14.6. The molecular formula is C19H24FN3O2. The number of aromatic nitrogens is 1. The number of carbonyl (C=O) groups is 1. The lowest BCUT2D eigenvalue weighted by atomic mass is 10.0. The van der Waals surface area contributed by atoms with Crippen LogP contribution in [-0.2, 0) is 0 Å². The first-order chi connectivity index (χ1) is 12.0. The van der Waals surface area contributed by atoms with Gasteiger partial charge in [0.2, 0.25) is 0 Å². The molecule has 0 radical (unpaired) electrons. The Morgan fingerprint density at radius 1 is 1.36 bits per heavy atom. The zero-order chi connectivity index (χ0) is 18.0.